The molecule has 2 N–H and O–H groups in total. The van der Waals surface area contributed by atoms with E-state index in [4.69, 9.17) is 9.97 Å². The zero-order valence-electron chi connectivity index (χ0n) is 18.9. The molecule has 170 valence electrons. The van der Waals surface area contributed by atoms with E-state index in [0.29, 0.717) is 0 Å². The zero-order valence-corrected chi connectivity index (χ0v) is 19.7. The van der Waals surface area contributed by atoms with Gasteiger partial charge in [0.2, 0.25) is 0 Å². The molecule has 1 fully saturated rings. The second-order valence-electron chi connectivity index (χ2n) is 8.53. The van der Waals surface area contributed by atoms with Crippen LogP contribution in [-0.2, 0) is 6.54 Å². The second kappa shape index (κ2) is 9.43. The Balaban J connectivity index is 1.32. The van der Waals surface area contributed by atoms with E-state index in [2.05, 4.69) is 57.4 Å². The van der Waals surface area contributed by atoms with Gasteiger partial charge in [-0.2, -0.15) is 0 Å². The number of benzene rings is 1. The number of pyridine rings is 2. The Kier molecular flexibility index (Phi) is 6.22. The smallest absolute Gasteiger partial charge is 0.190 e. The van der Waals surface area contributed by atoms with Gasteiger partial charge >= 0.3 is 0 Å². The van der Waals surface area contributed by atoms with Crippen LogP contribution >= 0.6 is 11.3 Å². The average Bonchev–Trinajstić information content (AvgIpc) is 3.44. The van der Waals surface area contributed by atoms with Gasteiger partial charge in [-0.25, -0.2) is 15.0 Å². The minimum atomic E-state index is 0.218. The number of thiazole rings is 1. The van der Waals surface area contributed by atoms with Crippen molar-refractivity contribution >= 4 is 44.1 Å². The Labute approximate surface area is 197 Å². The molecule has 0 spiro atoms. The van der Waals surface area contributed by atoms with E-state index in [1.165, 1.54) is 22.5 Å². The van der Waals surface area contributed by atoms with Crippen molar-refractivity contribution in [1.82, 2.24) is 19.9 Å². The predicted octanol–water partition coefficient (Wildman–Crippen LogP) is 4.86. The third-order valence-electron chi connectivity index (χ3n) is 6.16. The third-order valence-corrected chi connectivity index (χ3v) is 7.04. The Morgan fingerprint density at radius 3 is 2.82 bits per heavy atom. The molecule has 4 aromatic rings. The van der Waals surface area contributed by atoms with Crippen LogP contribution in [0.4, 0.5) is 22.5 Å². The van der Waals surface area contributed by atoms with Crippen molar-refractivity contribution in [2.75, 3.05) is 30.4 Å². The minimum Gasteiger partial charge on any atom is -0.395 e. The molecule has 0 saturated carbocycles. The highest BCUT2D eigenvalue weighted by Crippen LogP contribution is 2.30. The molecule has 8 heteroatoms. The number of aryl methyl sites for hydroxylation is 1. The van der Waals surface area contributed by atoms with Gasteiger partial charge in [0.25, 0.3) is 0 Å². The number of likely N-dealkylation sites (tertiary alicyclic amines) is 1. The highest BCUT2D eigenvalue weighted by Gasteiger charge is 2.23. The number of aliphatic hydroxyl groups is 1. The highest BCUT2D eigenvalue weighted by atomic mass is 32.1. The van der Waals surface area contributed by atoms with E-state index >= 15 is 0 Å². The lowest BCUT2D eigenvalue weighted by molar-refractivity contribution is 0.153. The molecule has 4 heterocycles. The van der Waals surface area contributed by atoms with Crippen LogP contribution in [0.15, 0.2) is 54.7 Å². The van der Waals surface area contributed by atoms with Gasteiger partial charge in [0.05, 0.1) is 6.61 Å². The first kappa shape index (κ1) is 21.8. The van der Waals surface area contributed by atoms with Crippen molar-refractivity contribution in [2.45, 2.75) is 32.4 Å². The largest absolute Gasteiger partial charge is 0.395 e. The predicted molar refractivity (Wildman–Crippen MR) is 135 cm³/mol. The van der Waals surface area contributed by atoms with Gasteiger partial charge in [-0.3, -0.25) is 4.90 Å². The molecular formula is C25H28N6OS. The molecule has 1 aromatic carbocycles. The molecule has 1 atom stereocenters. The first-order chi connectivity index (χ1) is 16.1. The normalized spacial score (nSPS) is 16.4. The summed E-state index contributed by atoms with van der Waals surface area (Å²) in [5.41, 5.74) is 4.37. The van der Waals surface area contributed by atoms with Crippen LogP contribution in [0, 0.1) is 6.92 Å². The summed E-state index contributed by atoms with van der Waals surface area (Å²) in [4.78, 5) is 19.3. The van der Waals surface area contributed by atoms with Gasteiger partial charge in [0, 0.05) is 31.5 Å². The van der Waals surface area contributed by atoms with Crippen molar-refractivity contribution in [3.05, 3.63) is 65.9 Å². The fourth-order valence-corrected chi connectivity index (χ4v) is 5.08. The summed E-state index contributed by atoms with van der Waals surface area (Å²) in [5.74, 6) is 1.65. The van der Waals surface area contributed by atoms with Crippen molar-refractivity contribution in [2.24, 2.45) is 0 Å². The Bertz CT molecular complexity index is 1240. The summed E-state index contributed by atoms with van der Waals surface area (Å²) >= 11 is 1.52. The lowest BCUT2D eigenvalue weighted by Crippen LogP contribution is -2.31. The standard InChI is InChI=1S/C25H28N6OS/c1-17-5-7-19(8-6-17)30(2)23-10-9-21-24(29-23)33-25(27-21)28-22-14-18(11-12-26-22)15-31-13-3-4-20(31)16-32/h5-12,14,20,32H,3-4,13,15-16H2,1-2H3,(H,26,27,28). The molecule has 0 aliphatic carbocycles. The number of fused-ring (bicyclic) bond motifs is 1. The molecule has 0 radical (unpaired) electrons. The number of anilines is 4. The molecule has 7 nitrogen and oxygen atoms in total. The summed E-state index contributed by atoms with van der Waals surface area (Å²) in [7, 11) is 2.02. The highest BCUT2D eigenvalue weighted by molar-refractivity contribution is 7.21. The molecule has 1 saturated heterocycles. The molecule has 1 aliphatic heterocycles. The summed E-state index contributed by atoms with van der Waals surface area (Å²) in [6.45, 7) is 4.15. The number of nitrogens with one attached hydrogen (secondary N) is 1. The number of hydrogen-bond acceptors (Lipinski definition) is 8. The lowest BCUT2D eigenvalue weighted by Gasteiger charge is -2.22. The SMILES string of the molecule is Cc1ccc(N(C)c2ccc3nc(Nc4cc(CN5CCCC5CO)ccn4)sc3n2)cc1. The number of aliphatic hydroxyl groups excluding tert-OH is 1. The first-order valence-electron chi connectivity index (χ1n) is 11.2. The summed E-state index contributed by atoms with van der Waals surface area (Å²) in [5, 5.41) is 13.7. The third kappa shape index (κ3) is 4.83. The van der Waals surface area contributed by atoms with Crippen LogP contribution in [0.1, 0.15) is 24.0 Å². The monoisotopic (exact) mass is 460 g/mol. The van der Waals surface area contributed by atoms with Gasteiger partial charge in [-0.05, 0) is 68.3 Å². The van der Waals surface area contributed by atoms with E-state index < -0.39 is 0 Å². The molecule has 33 heavy (non-hydrogen) atoms. The molecule has 0 bridgehead atoms. The number of nitrogens with zero attached hydrogens (tertiary/aromatic N) is 5. The zero-order chi connectivity index (χ0) is 22.8. The van der Waals surface area contributed by atoms with Crippen molar-refractivity contribution in [3.8, 4) is 0 Å². The fourth-order valence-electron chi connectivity index (χ4n) is 4.24. The topological polar surface area (TPSA) is 77.4 Å². The number of aromatic nitrogens is 3. The maximum Gasteiger partial charge on any atom is 0.190 e. The molecule has 3 aromatic heterocycles. The van der Waals surface area contributed by atoms with Crippen LogP contribution in [-0.4, -0.2) is 51.2 Å². The summed E-state index contributed by atoms with van der Waals surface area (Å²) in [6.07, 6.45) is 4.02. The van der Waals surface area contributed by atoms with Crippen LogP contribution in [0.3, 0.4) is 0 Å². The van der Waals surface area contributed by atoms with Crippen LogP contribution in [0.2, 0.25) is 0 Å². The molecular weight excluding hydrogens is 432 g/mol. The maximum absolute atomic E-state index is 9.58. The minimum absolute atomic E-state index is 0.218. The van der Waals surface area contributed by atoms with E-state index in [9.17, 15) is 5.11 Å². The summed E-state index contributed by atoms with van der Waals surface area (Å²) < 4.78 is 0. The van der Waals surface area contributed by atoms with Gasteiger partial charge in [0.15, 0.2) is 5.13 Å². The molecule has 0 amide bonds. The van der Waals surface area contributed by atoms with Crippen LogP contribution in [0.25, 0.3) is 10.3 Å². The van der Waals surface area contributed by atoms with Crippen LogP contribution < -0.4 is 10.2 Å². The second-order valence-corrected chi connectivity index (χ2v) is 9.51. The van der Waals surface area contributed by atoms with Crippen LogP contribution in [0.5, 0.6) is 0 Å². The lowest BCUT2D eigenvalue weighted by atomic mass is 10.2. The van der Waals surface area contributed by atoms with E-state index in [0.717, 1.165) is 58.7 Å². The Morgan fingerprint density at radius 1 is 1.15 bits per heavy atom. The molecule has 5 rings (SSSR count). The van der Waals surface area contributed by atoms with E-state index in [1.807, 2.05) is 31.4 Å². The first-order valence-corrected chi connectivity index (χ1v) is 12.1. The van der Waals surface area contributed by atoms with Crippen molar-refractivity contribution in [1.29, 1.82) is 0 Å². The van der Waals surface area contributed by atoms with Gasteiger partial charge in [-0.15, -0.1) is 0 Å². The Morgan fingerprint density at radius 2 is 2.00 bits per heavy atom. The number of rotatable bonds is 7. The molecule has 1 aliphatic rings. The fraction of sp³-hybridized carbons (Fsp3) is 0.320. The van der Waals surface area contributed by atoms with Gasteiger partial charge in [-0.1, -0.05) is 29.0 Å². The van der Waals surface area contributed by atoms with Crippen molar-refractivity contribution < 1.29 is 5.11 Å². The maximum atomic E-state index is 9.58. The Hall–Kier alpha value is -3.07. The quantitative estimate of drug-likeness (QED) is 0.408. The van der Waals surface area contributed by atoms with Crippen molar-refractivity contribution in [3.63, 3.8) is 0 Å². The van der Waals surface area contributed by atoms with Gasteiger partial charge in [0.1, 0.15) is 22.0 Å². The summed E-state index contributed by atoms with van der Waals surface area (Å²) in [6, 6.07) is 16.8. The van der Waals surface area contributed by atoms with E-state index in [1.54, 1.807) is 0 Å². The average molecular weight is 461 g/mol. The van der Waals surface area contributed by atoms with E-state index in [-0.39, 0.29) is 12.6 Å². The molecule has 1 unspecified atom stereocenters. The van der Waals surface area contributed by atoms with Gasteiger partial charge < -0.3 is 15.3 Å². The number of hydrogen-bond donors (Lipinski definition) is 2.